The molecule has 0 fully saturated rings. The third-order valence-electron chi connectivity index (χ3n) is 1.86. The Bertz CT molecular complexity index is 417. The molecule has 0 N–H and O–H groups in total. The van der Waals surface area contributed by atoms with Gasteiger partial charge in [-0.2, -0.15) is 8.42 Å². The molecule has 6 heteroatoms. The third-order valence-corrected chi connectivity index (χ3v) is 3.99. The van der Waals surface area contributed by atoms with Crippen LogP contribution in [0.1, 0.15) is 12.8 Å². The van der Waals surface area contributed by atoms with Crippen molar-refractivity contribution in [1.82, 2.24) is 0 Å². The van der Waals surface area contributed by atoms with Crippen LogP contribution in [-0.4, -0.2) is 19.9 Å². The monoisotopic (exact) mass is 282 g/mol. The molecule has 0 spiro atoms. The number of benzene rings is 1. The summed E-state index contributed by atoms with van der Waals surface area (Å²) in [6.07, 6.45) is 1.04. The van der Waals surface area contributed by atoms with Gasteiger partial charge >= 0.3 is 10.2 Å². The smallest absolute Gasteiger partial charge is 0.195 e. The number of unbranched alkanes of at least 4 members (excludes halogenated alkanes) is 1. The first kappa shape index (κ1) is 13.8. The van der Waals surface area contributed by atoms with Crippen LogP contribution < -0.4 is 0 Å². The fraction of sp³-hybridized carbons (Fsp3) is 0.400. The Hall–Kier alpha value is -0.260. The Labute approximate surface area is 104 Å². The molecule has 0 saturated carbocycles. The van der Waals surface area contributed by atoms with Gasteiger partial charge in [0.1, 0.15) is 0 Å². The van der Waals surface area contributed by atoms with Gasteiger partial charge in [0.15, 0.2) is 0 Å². The summed E-state index contributed by atoms with van der Waals surface area (Å²) in [6, 6.07) is 7.41. The lowest BCUT2D eigenvalue weighted by molar-refractivity contribution is 0.549. The molecule has 0 amide bonds. The van der Waals surface area contributed by atoms with Gasteiger partial charge in [-0.3, -0.25) is 0 Å². The summed E-state index contributed by atoms with van der Waals surface area (Å²) in [4.78, 5) is 1.08. The van der Waals surface area contributed by atoms with E-state index in [2.05, 4.69) is 0 Å². The molecule has 16 heavy (non-hydrogen) atoms. The summed E-state index contributed by atoms with van der Waals surface area (Å²) in [7, 11) is -4.30. The second-order valence-electron chi connectivity index (χ2n) is 3.25. The van der Waals surface area contributed by atoms with Gasteiger partial charge in [0, 0.05) is 9.92 Å². The van der Waals surface area contributed by atoms with Crippen LogP contribution in [0.5, 0.6) is 0 Å². The third kappa shape index (κ3) is 6.35. The van der Waals surface area contributed by atoms with Gasteiger partial charge in [0.25, 0.3) is 0 Å². The molecule has 0 aliphatic heterocycles. The molecule has 1 aromatic carbocycles. The molecule has 0 unspecified atom stereocenters. The summed E-state index contributed by atoms with van der Waals surface area (Å²) in [5.74, 6) is 0.394. The summed E-state index contributed by atoms with van der Waals surface area (Å²) in [6.45, 7) is 0. The first-order valence-electron chi connectivity index (χ1n) is 4.78. The summed E-state index contributed by atoms with van der Waals surface area (Å²) < 4.78 is 32.6. The highest BCUT2D eigenvalue weighted by atomic mass is 35.5. The van der Waals surface area contributed by atoms with Gasteiger partial charge < -0.3 is 0 Å². The molecule has 2 nitrogen and oxygen atoms in total. The summed E-state index contributed by atoms with van der Waals surface area (Å²) >= 11 is 7.33. The molecule has 1 aromatic rings. The van der Waals surface area contributed by atoms with Crippen LogP contribution in [0.3, 0.4) is 0 Å². The molecule has 0 heterocycles. The van der Waals surface area contributed by atoms with E-state index < -0.39 is 10.2 Å². The molecule has 0 radical (unpaired) electrons. The Kier molecular flexibility index (Phi) is 5.58. The lowest BCUT2D eigenvalue weighted by Crippen LogP contribution is -1.98. The van der Waals surface area contributed by atoms with Crippen molar-refractivity contribution in [3.63, 3.8) is 0 Å². The average molecular weight is 283 g/mol. The van der Waals surface area contributed by atoms with E-state index in [-0.39, 0.29) is 5.75 Å². The number of hydrogen-bond donors (Lipinski definition) is 0. The van der Waals surface area contributed by atoms with Gasteiger partial charge in [-0.05, 0) is 42.9 Å². The van der Waals surface area contributed by atoms with Crippen molar-refractivity contribution in [3.05, 3.63) is 29.3 Å². The Morgan fingerprint density at radius 2 is 1.81 bits per heavy atom. The molecule has 0 saturated heterocycles. The zero-order chi connectivity index (χ0) is 12.0. The zero-order valence-electron chi connectivity index (χ0n) is 8.53. The van der Waals surface area contributed by atoms with Crippen molar-refractivity contribution < 1.29 is 12.3 Å². The van der Waals surface area contributed by atoms with Crippen LogP contribution in [0.4, 0.5) is 3.89 Å². The topological polar surface area (TPSA) is 34.1 Å². The van der Waals surface area contributed by atoms with Gasteiger partial charge in [-0.15, -0.1) is 15.6 Å². The van der Waals surface area contributed by atoms with E-state index in [0.29, 0.717) is 17.9 Å². The van der Waals surface area contributed by atoms with Crippen LogP contribution in [0, 0.1) is 0 Å². The van der Waals surface area contributed by atoms with Crippen LogP contribution in [0.25, 0.3) is 0 Å². The quantitative estimate of drug-likeness (QED) is 0.455. The predicted molar refractivity (Wildman–Crippen MR) is 66.3 cm³/mol. The van der Waals surface area contributed by atoms with Crippen molar-refractivity contribution in [3.8, 4) is 0 Å². The molecule has 0 atom stereocenters. The molecule has 1 rings (SSSR count). The Morgan fingerprint density at radius 1 is 1.19 bits per heavy atom. The maximum absolute atomic E-state index is 12.1. The van der Waals surface area contributed by atoms with Crippen molar-refractivity contribution in [1.29, 1.82) is 0 Å². The highest BCUT2D eigenvalue weighted by molar-refractivity contribution is 7.99. The second kappa shape index (κ2) is 6.47. The summed E-state index contributed by atoms with van der Waals surface area (Å²) in [5.41, 5.74) is 0. The van der Waals surface area contributed by atoms with E-state index in [1.165, 1.54) is 0 Å². The van der Waals surface area contributed by atoms with E-state index in [9.17, 15) is 12.3 Å². The molecule has 90 valence electrons. The van der Waals surface area contributed by atoms with Crippen LogP contribution >= 0.6 is 23.4 Å². The minimum atomic E-state index is -4.30. The normalized spacial score (nSPS) is 11.6. The summed E-state index contributed by atoms with van der Waals surface area (Å²) in [5, 5.41) is 0.688. The number of hydrogen-bond acceptors (Lipinski definition) is 3. The molecule has 0 aliphatic carbocycles. The number of thioether (sulfide) groups is 1. The Morgan fingerprint density at radius 3 is 2.38 bits per heavy atom. The SMILES string of the molecule is O=S(=O)(F)CCCCSc1ccc(Cl)cc1. The highest BCUT2D eigenvalue weighted by Gasteiger charge is 2.05. The largest absolute Gasteiger partial charge is 0.302 e. The minimum absolute atomic E-state index is 0.361. The number of rotatable bonds is 6. The maximum Gasteiger partial charge on any atom is 0.302 e. The van der Waals surface area contributed by atoms with Crippen LogP contribution in [0.2, 0.25) is 5.02 Å². The highest BCUT2D eigenvalue weighted by Crippen LogP contribution is 2.21. The second-order valence-corrected chi connectivity index (χ2v) is 6.34. The van der Waals surface area contributed by atoms with Crippen molar-refractivity contribution in [2.45, 2.75) is 17.7 Å². The van der Waals surface area contributed by atoms with E-state index in [4.69, 9.17) is 11.6 Å². The van der Waals surface area contributed by atoms with Crippen molar-refractivity contribution in [2.75, 3.05) is 11.5 Å². The molecular weight excluding hydrogens is 271 g/mol. The average Bonchev–Trinajstić information content (AvgIpc) is 2.19. The standard InChI is InChI=1S/C10H12ClFO2S2/c11-9-3-5-10(6-4-9)15-7-1-2-8-16(12,13)14/h3-6H,1-2,7-8H2. The van der Waals surface area contributed by atoms with E-state index in [0.717, 1.165) is 10.6 Å². The lowest BCUT2D eigenvalue weighted by atomic mass is 10.4. The fourth-order valence-electron chi connectivity index (χ4n) is 1.10. The molecular formula is C10H12ClFO2S2. The fourth-order valence-corrected chi connectivity index (χ4v) is 2.68. The van der Waals surface area contributed by atoms with Crippen LogP contribution in [0.15, 0.2) is 29.2 Å². The minimum Gasteiger partial charge on any atom is -0.195 e. The molecule has 0 bridgehead atoms. The number of halogens is 2. The molecule has 0 aromatic heterocycles. The van der Waals surface area contributed by atoms with Gasteiger partial charge in [0.05, 0.1) is 5.75 Å². The zero-order valence-corrected chi connectivity index (χ0v) is 10.9. The van der Waals surface area contributed by atoms with Gasteiger partial charge in [-0.1, -0.05) is 11.6 Å². The van der Waals surface area contributed by atoms with Crippen LogP contribution in [-0.2, 0) is 10.2 Å². The maximum atomic E-state index is 12.1. The first-order chi connectivity index (χ1) is 7.47. The van der Waals surface area contributed by atoms with Gasteiger partial charge in [-0.25, -0.2) is 0 Å². The van der Waals surface area contributed by atoms with Crippen molar-refractivity contribution in [2.24, 2.45) is 0 Å². The predicted octanol–water partition coefficient (Wildman–Crippen LogP) is 3.51. The Balaban J connectivity index is 2.19. The van der Waals surface area contributed by atoms with Crippen molar-refractivity contribution >= 4 is 33.6 Å². The molecule has 0 aliphatic rings. The van der Waals surface area contributed by atoms with E-state index >= 15 is 0 Å². The van der Waals surface area contributed by atoms with Gasteiger partial charge in [0.2, 0.25) is 0 Å². The van der Waals surface area contributed by atoms with E-state index in [1.54, 1.807) is 23.9 Å². The van der Waals surface area contributed by atoms with E-state index in [1.807, 2.05) is 12.1 Å². The lowest BCUT2D eigenvalue weighted by Gasteiger charge is -2.00. The first-order valence-corrected chi connectivity index (χ1v) is 7.70.